The summed E-state index contributed by atoms with van der Waals surface area (Å²) in [5.41, 5.74) is 6.86. The molecule has 0 saturated carbocycles. The number of hydrogen-bond acceptors (Lipinski definition) is 3. The zero-order valence-electron chi connectivity index (χ0n) is 7.43. The third-order valence-electron chi connectivity index (χ3n) is 1.73. The summed E-state index contributed by atoms with van der Waals surface area (Å²) in [5.74, 6) is 0. The highest BCUT2D eigenvalue weighted by Gasteiger charge is 2.06. The minimum Gasteiger partial charge on any atom is -0.398 e. The van der Waals surface area contributed by atoms with Crippen molar-refractivity contribution in [3.05, 3.63) is 23.8 Å². The molecule has 0 fully saturated rings. The van der Waals surface area contributed by atoms with E-state index in [1.807, 2.05) is 0 Å². The van der Waals surface area contributed by atoms with Gasteiger partial charge in [-0.25, -0.2) is 8.78 Å². The largest absolute Gasteiger partial charge is 0.398 e. The Labute approximate surface area is 80.4 Å². The van der Waals surface area contributed by atoms with Crippen molar-refractivity contribution in [3.8, 4) is 0 Å². The SMILES string of the molecule is N=Cc1c(N)cccc1NCC(F)F. The molecule has 5 heteroatoms. The Kier molecular flexibility index (Phi) is 3.39. The normalized spacial score (nSPS) is 10.2. The molecule has 1 aromatic carbocycles. The summed E-state index contributed by atoms with van der Waals surface area (Å²) in [4.78, 5) is 0. The molecule has 4 N–H and O–H groups in total. The Morgan fingerprint density at radius 1 is 1.50 bits per heavy atom. The van der Waals surface area contributed by atoms with Crippen molar-refractivity contribution in [2.75, 3.05) is 17.6 Å². The summed E-state index contributed by atoms with van der Waals surface area (Å²) in [7, 11) is 0. The maximum absolute atomic E-state index is 11.9. The van der Waals surface area contributed by atoms with Gasteiger partial charge in [0.1, 0.15) is 0 Å². The summed E-state index contributed by atoms with van der Waals surface area (Å²) in [6.07, 6.45) is -1.38. The molecule has 0 aliphatic heterocycles. The average Bonchev–Trinajstić information content (AvgIpc) is 2.14. The number of benzene rings is 1. The average molecular weight is 199 g/mol. The summed E-state index contributed by atoms with van der Waals surface area (Å²) >= 11 is 0. The molecular weight excluding hydrogens is 188 g/mol. The Morgan fingerprint density at radius 2 is 2.21 bits per heavy atom. The van der Waals surface area contributed by atoms with Gasteiger partial charge in [-0.05, 0) is 12.1 Å². The van der Waals surface area contributed by atoms with Crippen LogP contribution in [0, 0.1) is 5.41 Å². The monoisotopic (exact) mass is 199 g/mol. The highest BCUT2D eigenvalue weighted by molar-refractivity contribution is 5.92. The molecule has 0 aliphatic carbocycles. The second kappa shape index (κ2) is 4.55. The van der Waals surface area contributed by atoms with Gasteiger partial charge in [0.25, 0.3) is 6.43 Å². The molecule has 3 nitrogen and oxygen atoms in total. The standard InChI is InChI=1S/C9H11F2N3/c10-9(11)5-14-8-3-1-2-7(13)6(8)4-12/h1-4,9,12,14H,5,13H2. The summed E-state index contributed by atoms with van der Waals surface area (Å²) < 4.78 is 23.8. The zero-order valence-corrected chi connectivity index (χ0v) is 7.43. The summed E-state index contributed by atoms with van der Waals surface area (Å²) in [6, 6.07) is 4.88. The molecule has 0 aromatic heterocycles. The van der Waals surface area contributed by atoms with Gasteiger partial charge in [0, 0.05) is 23.2 Å². The van der Waals surface area contributed by atoms with Crippen molar-refractivity contribution in [1.29, 1.82) is 5.41 Å². The minimum atomic E-state index is -2.42. The van der Waals surface area contributed by atoms with Crippen molar-refractivity contribution in [2.45, 2.75) is 6.43 Å². The lowest BCUT2D eigenvalue weighted by Gasteiger charge is -2.10. The number of nitrogen functional groups attached to an aromatic ring is 1. The van der Waals surface area contributed by atoms with Gasteiger partial charge in [-0.1, -0.05) is 6.07 Å². The number of nitrogens with two attached hydrogens (primary N) is 1. The van der Waals surface area contributed by atoms with Crippen LogP contribution in [0.2, 0.25) is 0 Å². The molecule has 0 radical (unpaired) electrons. The van der Waals surface area contributed by atoms with Crippen LogP contribution in [-0.4, -0.2) is 19.2 Å². The van der Waals surface area contributed by atoms with Gasteiger partial charge in [-0.3, -0.25) is 0 Å². The molecule has 1 rings (SSSR count). The molecule has 0 atom stereocenters. The van der Waals surface area contributed by atoms with Crippen molar-refractivity contribution in [2.24, 2.45) is 0 Å². The molecule has 0 heterocycles. The molecule has 0 saturated heterocycles. The molecule has 76 valence electrons. The topological polar surface area (TPSA) is 61.9 Å². The van der Waals surface area contributed by atoms with Crippen LogP contribution in [0.4, 0.5) is 20.2 Å². The molecule has 0 amide bonds. The van der Waals surface area contributed by atoms with Crippen LogP contribution in [0.15, 0.2) is 18.2 Å². The lowest BCUT2D eigenvalue weighted by atomic mass is 10.1. The zero-order chi connectivity index (χ0) is 10.6. The summed E-state index contributed by atoms with van der Waals surface area (Å²) in [5, 5.41) is 9.60. The van der Waals surface area contributed by atoms with E-state index in [-0.39, 0.29) is 0 Å². The van der Waals surface area contributed by atoms with Gasteiger partial charge in [-0.15, -0.1) is 0 Å². The highest BCUT2D eigenvalue weighted by atomic mass is 19.3. The van der Waals surface area contributed by atoms with E-state index in [9.17, 15) is 8.78 Å². The minimum absolute atomic E-state index is 0.402. The lowest BCUT2D eigenvalue weighted by Crippen LogP contribution is -2.12. The predicted molar refractivity (Wildman–Crippen MR) is 53.2 cm³/mol. The van der Waals surface area contributed by atoms with Gasteiger partial charge in [0.2, 0.25) is 0 Å². The number of hydrogen-bond donors (Lipinski definition) is 3. The van der Waals surface area contributed by atoms with Crippen LogP contribution in [0.3, 0.4) is 0 Å². The fourth-order valence-electron chi connectivity index (χ4n) is 1.09. The number of alkyl halides is 2. The van der Waals surface area contributed by atoms with E-state index < -0.39 is 13.0 Å². The maximum atomic E-state index is 11.9. The van der Waals surface area contributed by atoms with E-state index in [2.05, 4.69) is 5.32 Å². The molecule has 0 unspecified atom stereocenters. The fourth-order valence-corrected chi connectivity index (χ4v) is 1.09. The Morgan fingerprint density at radius 3 is 2.79 bits per heavy atom. The Balaban J connectivity index is 2.85. The van der Waals surface area contributed by atoms with Crippen LogP contribution in [0.25, 0.3) is 0 Å². The van der Waals surface area contributed by atoms with Crippen LogP contribution in [0.1, 0.15) is 5.56 Å². The first-order chi connectivity index (χ1) is 6.65. The molecule has 1 aromatic rings. The van der Waals surface area contributed by atoms with Crippen LogP contribution < -0.4 is 11.1 Å². The fraction of sp³-hybridized carbons (Fsp3) is 0.222. The van der Waals surface area contributed by atoms with E-state index in [1.54, 1.807) is 18.2 Å². The molecule has 0 aliphatic rings. The lowest BCUT2D eigenvalue weighted by molar-refractivity contribution is 0.163. The quantitative estimate of drug-likeness (QED) is 0.512. The number of anilines is 2. The van der Waals surface area contributed by atoms with Gasteiger partial charge in [-0.2, -0.15) is 0 Å². The van der Waals surface area contributed by atoms with E-state index in [1.165, 1.54) is 0 Å². The highest BCUT2D eigenvalue weighted by Crippen LogP contribution is 2.19. The third kappa shape index (κ3) is 2.42. The summed E-state index contributed by atoms with van der Waals surface area (Å²) in [6.45, 7) is -0.440. The first-order valence-electron chi connectivity index (χ1n) is 4.06. The molecule has 14 heavy (non-hydrogen) atoms. The van der Waals surface area contributed by atoms with Crippen LogP contribution in [-0.2, 0) is 0 Å². The molecular formula is C9H11F2N3. The van der Waals surface area contributed by atoms with Crippen molar-refractivity contribution in [1.82, 2.24) is 0 Å². The second-order valence-electron chi connectivity index (χ2n) is 2.72. The number of nitrogens with one attached hydrogen (secondary N) is 2. The number of rotatable bonds is 4. The van der Waals surface area contributed by atoms with E-state index in [0.29, 0.717) is 16.9 Å². The first kappa shape index (κ1) is 10.4. The Bertz CT molecular complexity index is 326. The number of halogens is 2. The van der Waals surface area contributed by atoms with Crippen molar-refractivity contribution < 1.29 is 8.78 Å². The second-order valence-corrected chi connectivity index (χ2v) is 2.72. The van der Waals surface area contributed by atoms with Crippen molar-refractivity contribution in [3.63, 3.8) is 0 Å². The van der Waals surface area contributed by atoms with Crippen molar-refractivity contribution >= 4 is 17.6 Å². The van der Waals surface area contributed by atoms with Crippen LogP contribution >= 0.6 is 0 Å². The van der Waals surface area contributed by atoms with Gasteiger partial charge >= 0.3 is 0 Å². The predicted octanol–water partition coefficient (Wildman–Crippen LogP) is 1.94. The molecule has 0 spiro atoms. The Hall–Kier alpha value is -1.65. The maximum Gasteiger partial charge on any atom is 0.255 e. The van der Waals surface area contributed by atoms with E-state index >= 15 is 0 Å². The third-order valence-corrected chi connectivity index (χ3v) is 1.73. The van der Waals surface area contributed by atoms with Crippen LogP contribution in [0.5, 0.6) is 0 Å². The van der Waals surface area contributed by atoms with Gasteiger partial charge < -0.3 is 16.5 Å². The van der Waals surface area contributed by atoms with Gasteiger partial charge in [0.05, 0.1) is 6.54 Å². The smallest absolute Gasteiger partial charge is 0.255 e. The molecule has 0 bridgehead atoms. The van der Waals surface area contributed by atoms with E-state index in [0.717, 1.165) is 6.21 Å². The first-order valence-corrected chi connectivity index (χ1v) is 4.06. The van der Waals surface area contributed by atoms with Gasteiger partial charge in [0.15, 0.2) is 0 Å². The van der Waals surface area contributed by atoms with E-state index in [4.69, 9.17) is 11.1 Å².